The van der Waals surface area contributed by atoms with Crippen LogP contribution < -0.4 is 5.73 Å². The lowest BCUT2D eigenvalue weighted by Gasteiger charge is -2.19. The molecule has 5 N–H and O–H groups in total. The van der Waals surface area contributed by atoms with Crippen LogP contribution in [0.1, 0.15) is 13.3 Å². The summed E-state index contributed by atoms with van der Waals surface area (Å²) in [6, 6.07) is -0.910. The number of aliphatic carboxylic acids is 1. The minimum atomic E-state index is -1.17. The second-order valence-electron chi connectivity index (χ2n) is 2.49. The summed E-state index contributed by atoms with van der Waals surface area (Å²) in [4.78, 5) is 10.1. The third kappa shape index (κ3) is 3.92. The number of carboxylic acid groups (broad SMARTS) is 1. The van der Waals surface area contributed by atoms with E-state index in [0.717, 1.165) is 0 Å². The molecule has 0 unspecified atom stereocenters. The summed E-state index contributed by atoms with van der Waals surface area (Å²) in [5, 5.41) is 26.0. The van der Waals surface area contributed by atoms with Crippen molar-refractivity contribution in [1.29, 1.82) is 0 Å². The summed E-state index contributed by atoms with van der Waals surface area (Å²) in [5.41, 5.74) is 5.23. The molecule has 0 spiro atoms. The molecule has 0 aliphatic rings. The second kappa shape index (κ2) is 4.27. The van der Waals surface area contributed by atoms with E-state index in [1.165, 1.54) is 6.92 Å². The Morgan fingerprint density at radius 3 is 2.27 bits per heavy atom. The molecule has 66 valence electrons. The van der Waals surface area contributed by atoms with Crippen molar-refractivity contribution in [2.75, 3.05) is 0 Å². The number of nitrogens with two attached hydrogens (primary N) is 1. The zero-order chi connectivity index (χ0) is 9.02. The van der Waals surface area contributed by atoms with Gasteiger partial charge in [-0.05, 0) is 6.92 Å². The first-order valence-corrected chi connectivity index (χ1v) is 3.28. The predicted molar refractivity (Wildman–Crippen MR) is 37.9 cm³/mol. The molecule has 3 atom stereocenters. The van der Waals surface area contributed by atoms with E-state index in [-0.39, 0.29) is 6.42 Å². The number of carbonyl (C=O) groups is 1. The van der Waals surface area contributed by atoms with Crippen LogP contribution in [0.5, 0.6) is 0 Å². The number of rotatable bonds is 4. The molecule has 0 aliphatic heterocycles. The molecule has 0 aliphatic carbocycles. The molecule has 5 heteroatoms. The standard InChI is InChI=1S/C6H13NO4/c1-3(8)6(11)4(7)2-5(9)10/h3-4,6,8,11H,2,7H2,1H3,(H,9,10)/t3-,4+,6+/m1/s1. The molecular weight excluding hydrogens is 150 g/mol. The highest BCUT2D eigenvalue weighted by atomic mass is 16.4. The van der Waals surface area contributed by atoms with Gasteiger partial charge in [0.05, 0.1) is 18.6 Å². The Balaban J connectivity index is 3.82. The van der Waals surface area contributed by atoms with E-state index < -0.39 is 24.2 Å². The van der Waals surface area contributed by atoms with Crippen molar-refractivity contribution in [2.24, 2.45) is 5.73 Å². The zero-order valence-electron chi connectivity index (χ0n) is 6.27. The molecule has 11 heavy (non-hydrogen) atoms. The van der Waals surface area contributed by atoms with Crippen molar-refractivity contribution < 1.29 is 20.1 Å². The summed E-state index contributed by atoms with van der Waals surface area (Å²) in [5.74, 6) is -1.09. The maximum absolute atomic E-state index is 10.1. The van der Waals surface area contributed by atoms with Gasteiger partial charge in [-0.2, -0.15) is 0 Å². The average Bonchev–Trinajstić information content (AvgIpc) is 1.84. The van der Waals surface area contributed by atoms with Crippen molar-refractivity contribution in [3.05, 3.63) is 0 Å². The van der Waals surface area contributed by atoms with Crippen LogP contribution in [0.2, 0.25) is 0 Å². The van der Waals surface area contributed by atoms with Gasteiger partial charge in [0.25, 0.3) is 0 Å². The van der Waals surface area contributed by atoms with E-state index in [1.54, 1.807) is 0 Å². The molecule has 0 bridgehead atoms. The van der Waals surface area contributed by atoms with Gasteiger partial charge >= 0.3 is 5.97 Å². The third-order valence-electron chi connectivity index (χ3n) is 1.34. The highest BCUT2D eigenvalue weighted by molar-refractivity contribution is 5.67. The van der Waals surface area contributed by atoms with E-state index in [4.69, 9.17) is 21.1 Å². The largest absolute Gasteiger partial charge is 0.481 e. The predicted octanol–water partition coefficient (Wildman–Crippen LogP) is -1.47. The van der Waals surface area contributed by atoms with E-state index >= 15 is 0 Å². The summed E-state index contributed by atoms with van der Waals surface area (Å²) >= 11 is 0. The molecule has 0 amide bonds. The Bertz CT molecular complexity index is 137. The van der Waals surface area contributed by atoms with Gasteiger partial charge in [0, 0.05) is 6.04 Å². The van der Waals surface area contributed by atoms with Crippen molar-refractivity contribution in [2.45, 2.75) is 31.6 Å². The highest BCUT2D eigenvalue weighted by Gasteiger charge is 2.21. The molecule has 0 radical (unpaired) electrons. The van der Waals surface area contributed by atoms with Gasteiger partial charge in [-0.15, -0.1) is 0 Å². The van der Waals surface area contributed by atoms with Crippen molar-refractivity contribution in [1.82, 2.24) is 0 Å². The lowest BCUT2D eigenvalue weighted by Crippen LogP contribution is -2.43. The van der Waals surface area contributed by atoms with Crippen LogP contribution in [0, 0.1) is 0 Å². The number of hydrogen-bond donors (Lipinski definition) is 4. The Morgan fingerprint density at radius 2 is 2.00 bits per heavy atom. The summed E-state index contributed by atoms with van der Waals surface area (Å²) in [6.07, 6.45) is -2.51. The number of hydrogen-bond acceptors (Lipinski definition) is 4. The first-order chi connectivity index (χ1) is 4.95. The first kappa shape index (κ1) is 10.3. The molecule has 0 aromatic heterocycles. The van der Waals surface area contributed by atoms with E-state index in [1.807, 2.05) is 0 Å². The second-order valence-corrected chi connectivity index (χ2v) is 2.49. The molecule has 0 saturated carbocycles. The maximum atomic E-state index is 10.1. The molecule has 0 saturated heterocycles. The fourth-order valence-corrected chi connectivity index (χ4v) is 0.680. The van der Waals surface area contributed by atoms with Crippen molar-refractivity contribution >= 4 is 5.97 Å². The van der Waals surface area contributed by atoms with E-state index in [9.17, 15) is 4.79 Å². The Hall–Kier alpha value is -0.650. The summed E-state index contributed by atoms with van der Waals surface area (Å²) in [6.45, 7) is 1.35. The Kier molecular flexibility index (Phi) is 4.02. The quantitative estimate of drug-likeness (QED) is 0.405. The SMILES string of the molecule is C[C@@H](O)[C@H](O)[C@@H](N)CC(=O)O. The smallest absolute Gasteiger partial charge is 0.305 e. The average molecular weight is 163 g/mol. The van der Waals surface area contributed by atoms with Crippen LogP contribution in [0.4, 0.5) is 0 Å². The van der Waals surface area contributed by atoms with Gasteiger partial charge in [0.15, 0.2) is 0 Å². The molecule has 0 aromatic rings. The van der Waals surface area contributed by atoms with Gasteiger partial charge < -0.3 is 21.1 Å². The monoisotopic (exact) mass is 163 g/mol. The molecular formula is C6H13NO4. The van der Waals surface area contributed by atoms with Crippen molar-refractivity contribution in [3.63, 3.8) is 0 Å². The zero-order valence-corrected chi connectivity index (χ0v) is 6.27. The minimum absolute atomic E-state index is 0.341. The van der Waals surface area contributed by atoms with Crippen LogP contribution in [0.3, 0.4) is 0 Å². The highest BCUT2D eigenvalue weighted by Crippen LogP contribution is 2.00. The Morgan fingerprint density at radius 1 is 1.55 bits per heavy atom. The van der Waals surface area contributed by atoms with Crippen LogP contribution in [-0.4, -0.2) is 39.5 Å². The van der Waals surface area contributed by atoms with Crippen LogP contribution in [0.25, 0.3) is 0 Å². The van der Waals surface area contributed by atoms with Crippen LogP contribution in [0.15, 0.2) is 0 Å². The fraction of sp³-hybridized carbons (Fsp3) is 0.833. The Labute approximate surface area is 64.4 Å². The first-order valence-electron chi connectivity index (χ1n) is 3.28. The number of carboxylic acids is 1. The molecule has 0 aromatic carbocycles. The minimum Gasteiger partial charge on any atom is -0.481 e. The lowest BCUT2D eigenvalue weighted by atomic mass is 10.0. The molecule has 0 rings (SSSR count). The van der Waals surface area contributed by atoms with Gasteiger partial charge in [0.1, 0.15) is 0 Å². The summed E-state index contributed by atoms with van der Waals surface area (Å²) in [7, 11) is 0. The van der Waals surface area contributed by atoms with Gasteiger partial charge in [-0.25, -0.2) is 0 Å². The molecule has 0 heterocycles. The van der Waals surface area contributed by atoms with Gasteiger partial charge in [-0.3, -0.25) is 4.79 Å². The van der Waals surface area contributed by atoms with Gasteiger partial charge in [-0.1, -0.05) is 0 Å². The fourth-order valence-electron chi connectivity index (χ4n) is 0.680. The lowest BCUT2D eigenvalue weighted by molar-refractivity contribution is -0.138. The number of aliphatic hydroxyl groups excluding tert-OH is 2. The molecule has 0 fully saturated rings. The normalized spacial score (nSPS) is 18.9. The van der Waals surface area contributed by atoms with Crippen LogP contribution in [-0.2, 0) is 4.79 Å². The van der Waals surface area contributed by atoms with Crippen molar-refractivity contribution in [3.8, 4) is 0 Å². The summed E-state index contributed by atoms with van der Waals surface area (Å²) < 4.78 is 0. The van der Waals surface area contributed by atoms with E-state index in [0.29, 0.717) is 0 Å². The van der Waals surface area contributed by atoms with E-state index in [2.05, 4.69) is 0 Å². The topological polar surface area (TPSA) is 104 Å². The third-order valence-corrected chi connectivity index (χ3v) is 1.34. The maximum Gasteiger partial charge on any atom is 0.305 e. The molecule has 5 nitrogen and oxygen atoms in total. The van der Waals surface area contributed by atoms with Crippen LogP contribution >= 0.6 is 0 Å². The number of aliphatic hydroxyl groups is 2. The van der Waals surface area contributed by atoms with Gasteiger partial charge in [0.2, 0.25) is 0 Å².